The number of nitrogens with zero attached hydrogens (tertiary/aromatic N) is 2. The van der Waals surface area contributed by atoms with Crippen LogP contribution in [-0.2, 0) is 16.7 Å². The van der Waals surface area contributed by atoms with Gasteiger partial charge < -0.3 is 5.11 Å². The number of hydrogen-bond donors (Lipinski definition) is 3. The van der Waals surface area contributed by atoms with Gasteiger partial charge in [0.2, 0.25) is 0 Å². The van der Waals surface area contributed by atoms with Crippen LogP contribution in [0.3, 0.4) is 0 Å². The van der Waals surface area contributed by atoms with E-state index in [2.05, 4.69) is 16.3 Å². The first kappa shape index (κ1) is 14.5. The van der Waals surface area contributed by atoms with E-state index >= 15 is 0 Å². The van der Waals surface area contributed by atoms with Gasteiger partial charge in [-0.2, -0.15) is 8.42 Å². The molecule has 8 heteroatoms. The molecule has 3 N–H and O–H groups in total. The highest BCUT2D eigenvalue weighted by atomic mass is 32.2. The van der Waals surface area contributed by atoms with Crippen LogP contribution < -0.4 is 10.00 Å². The van der Waals surface area contributed by atoms with Crippen molar-refractivity contribution in [2.45, 2.75) is 12.8 Å². The van der Waals surface area contributed by atoms with Crippen LogP contribution in [0.15, 0.2) is 18.5 Å². The Hall–Kier alpha value is -1.53. The molecule has 0 bridgehead atoms. The lowest BCUT2D eigenvalue weighted by Crippen LogP contribution is -2.40. The predicted octanol–water partition coefficient (Wildman–Crippen LogP) is -1.53. The third kappa shape index (κ3) is 5.20. The Kier molecular flexibility index (Phi) is 5.18. The summed E-state index contributed by atoms with van der Waals surface area (Å²) >= 11 is 0. The average molecular weight is 272 g/mol. The molecule has 0 amide bonds. The second-order valence-corrected chi connectivity index (χ2v) is 5.07. The third-order valence-corrected chi connectivity index (χ3v) is 2.78. The number of aliphatic hydroxyl groups excluding tert-OH is 1. The van der Waals surface area contributed by atoms with Gasteiger partial charge in [0.05, 0.1) is 6.54 Å². The van der Waals surface area contributed by atoms with E-state index in [1.165, 1.54) is 17.1 Å². The molecule has 0 fully saturated rings. The van der Waals surface area contributed by atoms with Gasteiger partial charge in [0.15, 0.2) is 12.7 Å². The monoisotopic (exact) mass is 272 g/mol. The highest BCUT2D eigenvalue weighted by Crippen LogP contribution is 2.04. The zero-order chi connectivity index (χ0) is 13.6. The van der Waals surface area contributed by atoms with Crippen LogP contribution in [0.4, 0.5) is 0 Å². The average Bonchev–Trinajstić information content (AvgIpc) is 2.33. The number of aromatic nitrogens is 2. The van der Waals surface area contributed by atoms with Gasteiger partial charge in [-0.25, -0.2) is 0 Å². The van der Waals surface area contributed by atoms with Gasteiger partial charge in [-0.3, -0.25) is 9.87 Å². The van der Waals surface area contributed by atoms with Crippen LogP contribution in [0, 0.1) is 12.3 Å². The highest BCUT2D eigenvalue weighted by molar-refractivity contribution is 7.85. The van der Waals surface area contributed by atoms with Crippen molar-refractivity contribution < 1.29 is 22.8 Å². The Balaban J connectivity index is 2.60. The van der Waals surface area contributed by atoms with E-state index in [4.69, 9.17) is 11.0 Å². The van der Waals surface area contributed by atoms with Gasteiger partial charge in [0.25, 0.3) is 10.1 Å². The number of nitrogens with one attached hydrogen (secondary N) is 1. The molecular formula is C10H14N3O4S+. The Morgan fingerprint density at radius 3 is 2.83 bits per heavy atom. The van der Waals surface area contributed by atoms with Gasteiger partial charge in [0.1, 0.15) is 18.2 Å². The summed E-state index contributed by atoms with van der Waals surface area (Å²) in [5, 5.41) is 16.2. The summed E-state index contributed by atoms with van der Waals surface area (Å²) in [6.07, 6.45) is 7.00. The molecule has 0 aliphatic heterocycles. The summed E-state index contributed by atoms with van der Waals surface area (Å²) < 4.78 is 31.0. The van der Waals surface area contributed by atoms with E-state index in [0.717, 1.165) is 0 Å². The quantitative estimate of drug-likeness (QED) is 0.251. The summed E-state index contributed by atoms with van der Waals surface area (Å²) in [6, 6.07) is 1.57. The first-order chi connectivity index (χ1) is 8.42. The van der Waals surface area contributed by atoms with E-state index in [0.29, 0.717) is 5.56 Å². The third-order valence-electron chi connectivity index (χ3n) is 2.09. The van der Waals surface area contributed by atoms with Crippen molar-refractivity contribution in [3.8, 4) is 12.3 Å². The number of aliphatic hydroxyl groups is 1. The Labute approximate surface area is 105 Å². The molecule has 1 heterocycles. The fourth-order valence-electron chi connectivity index (χ4n) is 1.17. The normalized spacial score (nSPS) is 12.9. The fraction of sp³-hybridized carbons (Fsp3) is 0.400. The smallest absolute Gasteiger partial charge is 0.271 e. The molecule has 1 aromatic rings. The second-order valence-electron chi connectivity index (χ2n) is 3.50. The molecule has 7 nitrogen and oxygen atoms in total. The molecule has 18 heavy (non-hydrogen) atoms. The maximum Gasteiger partial charge on any atom is 0.271 e. The second kappa shape index (κ2) is 6.42. The molecule has 98 valence electrons. The molecule has 0 radical (unpaired) electrons. The minimum atomic E-state index is -4.01. The van der Waals surface area contributed by atoms with Crippen LogP contribution in [0.25, 0.3) is 0 Å². The Morgan fingerprint density at radius 1 is 1.61 bits per heavy atom. The molecule has 0 saturated heterocycles. The van der Waals surface area contributed by atoms with E-state index in [9.17, 15) is 13.5 Å². The molecule has 1 rings (SSSR count). The number of hydrogen-bond acceptors (Lipinski definition) is 5. The van der Waals surface area contributed by atoms with Crippen molar-refractivity contribution >= 4 is 10.1 Å². The van der Waals surface area contributed by atoms with Gasteiger partial charge in [0, 0.05) is 11.6 Å². The molecular weight excluding hydrogens is 258 g/mol. The van der Waals surface area contributed by atoms with E-state index in [-0.39, 0.29) is 13.1 Å². The molecule has 1 aromatic heterocycles. The first-order valence-electron chi connectivity index (χ1n) is 5.08. The van der Waals surface area contributed by atoms with Gasteiger partial charge in [-0.1, -0.05) is 10.6 Å². The maximum absolute atomic E-state index is 10.5. The highest BCUT2D eigenvalue weighted by Gasteiger charge is 2.13. The summed E-state index contributed by atoms with van der Waals surface area (Å²) in [7, 11) is -4.01. The summed E-state index contributed by atoms with van der Waals surface area (Å²) in [6.45, 7) is 0.256. The molecule has 0 aliphatic rings. The van der Waals surface area contributed by atoms with E-state index < -0.39 is 22.1 Å². The van der Waals surface area contributed by atoms with Gasteiger partial charge >= 0.3 is 0 Å². The summed E-state index contributed by atoms with van der Waals surface area (Å²) in [5.41, 5.74) is 0.508. The largest absolute Gasteiger partial charge is 0.374 e. The van der Waals surface area contributed by atoms with Gasteiger partial charge in [-0.05, 0) is 5.10 Å². The molecule has 0 saturated carbocycles. The summed E-state index contributed by atoms with van der Waals surface area (Å²) in [5.74, 6) is 1.91. The molecule has 0 aliphatic carbocycles. The zero-order valence-electron chi connectivity index (χ0n) is 9.52. The Bertz CT molecular complexity index is 521. The number of rotatable bonds is 6. The van der Waals surface area contributed by atoms with Crippen LogP contribution in [0.5, 0.6) is 0 Å². The SMILES string of the molecule is C#CCNC(O)c1cc[n+](CCS(=O)(=O)O)nc1. The van der Waals surface area contributed by atoms with Crippen molar-refractivity contribution in [1.29, 1.82) is 0 Å². The van der Waals surface area contributed by atoms with Gasteiger partial charge in [-0.15, -0.1) is 6.42 Å². The predicted molar refractivity (Wildman–Crippen MR) is 62.6 cm³/mol. The standard InChI is InChI=1S/C10H13N3O4S/c1-2-4-11-10(14)9-3-5-13(12-8-9)6-7-18(15,16)17/h1,3,5,8,10-11,14H,4,6-7H2/p+1. The minimum absolute atomic E-state index is 0.0347. The first-order valence-corrected chi connectivity index (χ1v) is 6.69. The van der Waals surface area contributed by atoms with Crippen molar-refractivity contribution in [1.82, 2.24) is 10.4 Å². The van der Waals surface area contributed by atoms with Crippen LogP contribution in [0.2, 0.25) is 0 Å². The van der Waals surface area contributed by atoms with Crippen LogP contribution in [0.1, 0.15) is 11.8 Å². The molecule has 1 atom stereocenters. The van der Waals surface area contributed by atoms with Crippen molar-refractivity contribution in [2.24, 2.45) is 0 Å². The molecule has 0 aromatic carbocycles. The zero-order valence-corrected chi connectivity index (χ0v) is 10.3. The topological polar surface area (TPSA) is 103 Å². The van der Waals surface area contributed by atoms with Crippen LogP contribution in [-0.4, -0.2) is 35.5 Å². The lowest BCUT2D eigenvalue weighted by molar-refractivity contribution is -0.750. The van der Waals surface area contributed by atoms with E-state index in [1.54, 1.807) is 6.07 Å². The lowest BCUT2D eigenvalue weighted by atomic mass is 10.3. The number of terminal acetylenes is 1. The van der Waals surface area contributed by atoms with Crippen molar-refractivity contribution in [3.05, 3.63) is 24.0 Å². The molecule has 0 spiro atoms. The summed E-state index contributed by atoms with van der Waals surface area (Å²) in [4.78, 5) is 0. The lowest BCUT2D eigenvalue weighted by Gasteiger charge is -2.08. The maximum atomic E-state index is 10.5. The fourth-order valence-corrected chi connectivity index (χ4v) is 1.59. The van der Waals surface area contributed by atoms with Crippen molar-refractivity contribution in [2.75, 3.05) is 12.3 Å². The van der Waals surface area contributed by atoms with E-state index in [1.807, 2.05) is 0 Å². The van der Waals surface area contributed by atoms with Crippen LogP contribution >= 0.6 is 0 Å². The molecule has 1 unspecified atom stereocenters. The minimum Gasteiger partial charge on any atom is -0.374 e. The number of aryl methyl sites for hydroxylation is 1. The Morgan fingerprint density at radius 2 is 2.33 bits per heavy atom. The van der Waals surface area contributed by atoms with Crippen molar-refractivity contribution in [3.63, 3.8) is 0 Å².